The molecule has 1 atom stereocenters. The summed E-state index contributed by atoms with van der Waals surface area (Å²) >= 11 is 1.55. The maximum Gasteiger partial charge on any atom is 0.235 e. The Bertz CT molecular complexity index is 732. The summed E-state index contributed by atoms with van der Waals surface area (Å²) in [5.41, 5.74) is 3.59. The molecule has 5 heteroatoms. The first-order chi connectivity index (χ1) is 12.1. The van der Waals surface area contributed by atoms with E-state index in [1.807, 2.05) is 24.2 Å². The van der Waals surface area contributed by atoms with Crippen LogP contribution in [0.15, 0.2) is 35.7 Å². The lowest BCUT2D eigenvalue weighted by molar-refractivity contribution is -0.130. The summed E-state index contributed by atoms with van der Waals surface area (Å²) in [4.78, 5) is 19.3. The van der Waals surface area contributed by atoms with Gasteiger partial charge in [-0.1, -0.05) is 42.3 Å². The molecule has 3 rings (SSSR count). The summed E-state index contributed by atoms with van der Waals surface area (Å²) in [5, 5.41) is 0.757. The van der Waals surface area contributed by atoms with E-state index in [0.29, 0.717) is 0 Å². The highest BCUT2D eigenvalue weighted by Gasteiger charge is 2.24. The molecule has 1 amide bonds. The van der Waals surface area contributed by atoms with Gasteiger partial charge in [0.25, 0.3) is 0 Å². The third-order valence-corrected chi connectivity index (χ3v) is 5.83. The molecule has 0 saturated carbocycles. The number of amides is 1. The van der Waals surface area contributed by atoms with E-state index in [0.717, 1.165) is 36.8 Å². The van der Waals surface area contributed by atoms with Crippen LogP contribution in [0.1, 0.15) is 43.7 Å². The molecule has 0 N–H and O–H groups in total. The molecule has 1 fully saturated rings. The molecule has 0 aliphatic carbocycles. The van der Waals surface area contributed by atoms with Crippen molar-refractivity contribution in [3.8, 4) is 5.69 Å². The molecule has 1 saturated heterocycles. The maximum absolute atomic E-state index is 12.8. The molecule has 4 nitrogen and oxygen atoms in total. The number of rotatable bonds is 4. The molecule has 0 radical (unpaired) electrons. The van der Waals surface area contributed by atoms with Gasteiger partial charge in [-0.25, -0.2) is 4.98 Å². The Balaban J connectivity index is 1.75. The number of carbonyl (C=O) groups excluding carboxylic acids is 1. The summed E-state index contributed by atoms with van der Waals surface area (Å²) in [6.07, 6.45) is 8.51. The minimum absolute atomic E-state index is 0.120. The summed E-state index contributed by atoms with van der Waals surface area (Å²) in [6, 6.07) is 6.41. The fourth-order valence-corrected chi connectivity index (χ4v) is 4.35. The Hall–Kier alpha value is -1.75. The Labute approximate surface area is 154 Å². The molecule has 0 bridgehead atoms. The monoisotopic (exact) mass is 357 g/mol. The highest BCUT2D eigenvalue weighted by Crippen LogP contribution is 2.27. The van der Waals surface area contributed by atoms with Crippen LogP contribution in [0.3, 0.4) is 0 Å². The minimum Gasteiger partial charge on any atom is -0.342 e. The Morgan fingerprint density at radius 1 is 1.16 bits per heavy atom. The van der Waals surface area contributed by atoms with E-state index in [1.54, 1.807) is 11.8 Å². The molecule has 1 aromatic carbocycles. The van der Waals surface area contributed by atoms with Crippen molar-refractivity contribution in [1.82, 2.24) is 14.5 Å². The quantitative estimate of drug-likeness (QED) is 0.763. The number of imidazole rings is 1. The first kappa shape index (κ1) is 18.1. The van der Waals surface area contributed by atoms with Crippen molar-refractivity contribution in [3.05, 3.63) is 41.7 Å². The summed E-state index contributed by atoms with van der Waals surface area (Å²) in [7, 11) is 0. The third kappa shape index (κ3) is 4.27. The standard InChI is InChI=1S/C20H27N3OS/c1-15-8-9-18(16(2)14-15)23-13-10-21-20(23)25-17(3)19(24)22-11-6-4-5-7-12-22/h8-10,13-14,17H,4-7,11-12H2,1-3H3/t17-/m1/s1. The van der Waals surface area contributed by atoms with Gasteiger partial charge in [0.15, 0.2) is 5.16 Å². The van der Waals surface area contributed by atoms with Gasteiger partial charge in [0.2, 0.25) is 5.91 Å². The number of carbonyl (C=O) groups is 1. The van der Waals surface area contributed by atoms with Gasteiger partial charge in [-0.15, -0.1) is 0 Å². The van der Waals surface area contributed by atoms with E-state index in [1.165, 1.54) is 24.0 Å². The first-order valence-electron chi connectivity index (χ1n) is 9.12. The molecule has 134 valence electrons. The number of hydrogen-bond acceptors (Lipinski definition) is 3. The second-order valence-electron chi connectivity index (χ2n) is 6.87. The lowest BCUT2D eigenvalue weighted by Gasteiger charge is -2.23. The van der Waals surface area contributed by atoms with E-state index in [-0.39, 0.29) is 11.2 Å². The van der Waals surface area contributed by atoms with Crippen LogP contribution < -0.4 is 0 Å². The number of nitrogens with zero attached hydrogens (tertiary/aromatic N) is 3. The van der Waals surface area contributed by atoms with E-state index in [9.17, 15) is 4.79 Å². The smallest absolute Gasteiger partial charge is 0.235 e. The van der Waals surface area contributed by atoms with Crippen molar-refractivity contribution in [3.63, 3.8) is 0 Å². The molecule has 0 spiro atoms. The highest BCUT2D eigenvalue weighted by molar-refractivity contribution is 8.00. The molecular weight excluding hydrogens is 330 g/mol. The predicted molar refractivity (Wildman–Crippen MR) is 103 cm³/mol. The molecule has 2 aromatic rings. The number of hydrogen-bond donors (Lipinski definition) is 0. The van der Waals surface area contributed by atoms with Crippen molar-refractivity contribution < 1.29 is 4.79 Å². The Kier molecular flexibility index (Phi) is 5.84. The summed E-state index contributed by atoms with van der Waals surface area (Å²) < 4.78 is 2.09. The number of aryl methyl sites for hydroxylation is 2. The molecule has 25 heavy (non-hydrogen) atoms. The fraction of sp³-hybridized carbons (Fsp3) is 0.500. The number of likely N-dealkylation sites (tertiary alicyclic amines) is 1. The van der Waals surface area contributed by atoms with Crippen LogP contribution in [0, 0.1) is 13.8 Å². The van der Waals surface area contributed by atoms with Gasteiger partial charge < -0.3 is 4.90 Å². The first-order valence-corrected chi connectivity index (χ1v) is 10.0. The van der Waals surface area contributed by atoms with Gasteiger partial charge in [-0.2, -0.15) is 0 Å². The zero-order valence-corrected chi connectivity index (χ0v) is 16.2. The topological polar surface area (TPSA) is 38.1 Å². The average molecular weight is 358 g/mol. The van der Waals surface area contributed by atoms with Crippen molar-refractivity contribution in [1.29, 1.82) is 0 Å². The molecule has 1 aliphatic heterocycles. The maximum atomic E-state index is 12.8. The number of benzene rings is 1. The zero-order valence-electron chi connectivity index (χ0n) is 15.4. The molecule has 0 unspecified atom stereocenters. The van der Waals surface area contributed by atoms with E-state index >= 15 is 0 Å². The Morgan fingerprint density at radius 2 is 1.88 bits per heavy atom. The summed E-state index contributed by atoms with van der Waals surface area (Å²) in [5.74, 6) is 0.238. The average Bonchev–Trinajstić information content (AvgIpc) is 2.86. The molecule has 1 aromatic heterocycles. The van der Waals surface area contributed by atoms with Crippen LogP contribution in [0.4, 0.5) is 0 Å². The zero-order chi connectivity index (χ0) is 17.8. The van der Waals surface area contributed by atoms with E-state index in [2.05, 4.69) is 41.6 Å². The molecular formula is C20H27N3OS. The normalized spacial score (nSPS) is 16.5. The second kappa shape index (κ2) is 8.09. The lowest BCUT2D eigenvalue weighted by atomic mass is 10.1. The van der Waals surface area contributed by atoms with E-state index < -0.39 is 0 Å². The van der Waals surface area contributed by atoms with Crippen LogP contribution in [0.2, 0.25) is 0 Å². The number of aromatic nitrogens is 2. The fourth-order valence-electron chi connectivity index (χ4n) is 3.39. The van der Waals surface area contributed by atoms with Gasteiger partial charge in [0, 0.05) is 25.5 Å². The van der Waals surface area contributed by atoms with Gasteiger partial charge in [-0.3, -0.25) is 9.36 Å². The van der Waals surface area contributed by atoms with Crippen molar-refractivity contribution in [2.75, 3.05) is 13.1 Å². The van der Waals surface area contributed by atoms with E-state index in [4.69, 9.17) is 0 Å². The van der Waals surface area contributed by atoms with Gasteiger partial charge in [-0.05, 0) is 45.2 Å². The van der Waals surface area contributed by atoms with Crippen LogP contribution in [0.25, 0.3) is 5.69 Å². The van der Waals surface area contributed by atoms with Gasteiger partial charge >= 0.3 is 0 Å². The molecule has 1 aliphatic rings. The predicted octanol–water partition coefficient (Wildman–Crippen LogP) is 4.37. The van der Waals surface area contributed by atoms with Crippen LogP contribution in [0.5, 0.6) is 0 Å². The van der Waals surface area contributed by atoms with Gasteiger partial charge in [0.1, 0.15) is 0 Å². The van der Waals surface area contributed by atoms with Crippen LogP contribution in [-0.2, 0) is 4.79 Å². The van der Waals surface area contributed by atoms with Crippen molar-refractivity contribution in [2.45, 2.75) is 56.9 Å². The SMILES string of the molecule is Cc1ccc(-n2ccnc2S[C@H](C)C(=O)N2CCCCCC2)c(C)c1. The largest absolute Gasteiger partial charge is 0.342 e. The molecule has 2 heterocycles. The van der Waals surface area contributed by atoms with Crippen molar-refractivity contribution >= 4 is 17.7 Å². The minimum atomic E-state index is -0.120. The lowest BCUT2D eigenvalue weighted by Crippen LogP contribution is -2.37. The Morgan fingerprint density at radius 3 is 2.56 bits per heavy atom. The number of thioether (sulfide) groups is 1. The summed E-state index contributed by atoms with van der Waals surface area (Å²) in [6.45, 7) is 8.01. The third-order valence-electron chi connectivity index (χ3n) is 4.77. The second-order valence-corrected chi connectivity index (χ2v) is 8.18. The van der Waals surface area contributed by atoms with Gasteiger partial charge in [0.05, 0.1) is 10.9 Å². The van der Waals surface area contributed by atoms with Crippen molar-refractivity contribution in [2.24, 2.45) is 0 Å². The van der Waals surface area contributed by atoms with Crippen LogP contribution >= 0.6 is 11.8 Å². The van der Waals surface area contributed by atoms with Crippen LogP contribution in [-0.4, -0.2) is 38.7 Å². The highest BCUT2D eigenvalue weighted by atomic mass is 32.2.